The third-order valence-corrected chi connectivity index (χ3v) is 6.46. The number of benzene rings is 1. The Morgan fingerprint density at radius 2 is 1.97 bits per heavy atom. The molecule has 32 heavy (non-hydrogen) atoms. The van der Waals surface area contributed by atoms with E-state index < -0.39 is 0 Å². The molecule has 0 amide bonds. The van der Waals surface area contributed by atoms with E-state index >= 15 is 0 Å². The number of halogens is 1. The zero-order chi connectivity index (χ0) is 21.7. The van der Waals surface area contributed by atoms with Crippen molar-refractivity contribution in [1.82, 2.24) is 30.1 Å². The molecule has 0 unspecified atom stereocenters. The fraction of sp³-hybridized carbons (Fsp3) is 0.0833. The van der Waals surface area contributed by atoms with Crippen LogP contribution >= 0.6 is 11.3 Å². The molecule has 0 spiro atoms. The first-order valence-electron chi connectivity index (χ1n) is 10.2. The highest BCUT2D eigenvalue weighted by molar-refractivity contribution is 7.14. The van der Waals surface area contributed by atoms with Gasteiger partial charge in [0.15, 0.2) is 16.6 Å². The summed E-state index contributed by atoms with van der Waals surface area (Å²) in [7, 11) is 0. The Morgan fingerprint density at radius 1 is 1.03 bits per heavy atom. The fourth-order valence-electron chi connectivity index (χ4n) is 3.90. The Balaban J connectivity index is 1.49. The van der Waals surface area contributed by atoms with Crippen molar-refractivity contribution >= 4 is 33.4 Å². The van der Waals surface area contributed by atoms with Gasteiger partial charge in [-0.15, -0.1) is 11.3 Å². The number of aromatic nitrogens is 6. The molecule has 2 N–H and O–H groups in total. The predicted octanol–water partition coefficient (Wildman–Crippen LogP) is 5.99. The van der Waals surface area contributed by atoms with Gasteiger partial charge in [-0.05, 0) is 53.9 Å². The smallest absolute Gasteiger partial charge is 0.178 e. The lowest BCUT2D eigenvalue weighted by molar-refractivity contribution is 0.657. The van der Waals surface area contributed by atoms with Gasteiger partial charge in [0.05, 0.1) is 11.0 Å². The number of rotatable bonds is 4. The molecule has 0 aliphatic heterocycles. The van der Waals surface area contributed by atoms with Crippen molar-refractivity contribution in [2.24, 2.45) is 0 Å². The molecule has 5 heterocycles. The Morgan fingerprint density at radius 3 is 2.81 bits per heavy atom. The Kier molecular flexibility index (Phi) is 4.32. The van der Waals surface area contributed by atoms with Crippen molar-refractivity contribution in [2.45, 2.75) is 13.3 Å². The van der Waals surface area contributed by atoms with E-state index in [4.69, 9.17) is 0 Å². The van der Waals surface area contributed by atoms with Crippen LogP contribution in [0.4, 0.5) is 4.39 Å². The van der Waals surface area contributed by atoms with Crippen LogP contribution in [0.15, 0.2) is 61.1 Å². The molecule has 8 heteroatoms. The molecule has 0 fully saturated rings. The van der Waals surface area contributed by atoms with Gasteiger partial charge in [0.1, 0.15) is 5.69 Å². The Hall–Kier alpha value is -3.91. The summed E-state index contributed by atoms with van der Waals surface area (Å²) in [6.45, 7) is 2.12. The maximum Gasteiger partial charge on any atom is 0.178 e. The van der Waals surface area contributed by atoms with Crippen LogP contribution in [-0.4, -0.2) is 30.1 Å². The average molecular weight is 441 g/mol. The van der Waals surface area contributed by atoms with Crippen LogP contribution in [-0.2, 0) is 6.42 Å². The van der Waals surface area contributed by atoms with E-state index in [9.17, 15) is 4.39 Å². The van der Waals surface area contributed by atoms with Gasteiger partial charge in [0.25, 0.3) is 0 Å². The first kappa shape index (κ1) is 18.8. The molecule has 1 aromatic carbocycles. The van der Waals surface area contributed by atoms with E-state index in [0.29, 0.717) is 17.2 Å². The Labute approximate surface area is 186 Å². The molecule has 6 aromatic rings. The van der Waals surface area contributed by atoms with Crippen LogP contribution < -0.4 is 0 Å². The quantitative estimate of drug-likeness (QED) is 0.353. The molecule has 5 aromatic heterocycles. The predicted molar refractivity (Wildman–Crippen MR) is 125 cm³/mol. The number of H-pyrrole nitrogens is 2. The van der Waals surface area contributed by atoms with Crippen molar-refractivity contribution in [3.05, 3.63) is 71.7 Å². The van der Waals surface area contributed by atoms with Crippen molar-refractivity contribution < 1.29 is 4.39 Å². The minimum absolute atomic E-state index is 0.225. The van der Waals surface area contributed by atoms with Crippen LogP contribution in [0.25, 0.3) is 55.2 Å². The van der Waals surface area contributed by atoms with Crippen LogP contribution in [0, 0.1) is 5.13 Å². The maximum atomic E-state index is 13.6. The number of fused-ring (bicyclic) bond motifs is 2. The molecule has 0 radical (unpaired) electrons. The molecule has 6 nitrogen and oxygen atoms in total. The van der Waals surface area contributed by atoms with Gasteiger partial charge in [0, 0.05) is 40.0 Å². The minimum Gasteiger partial charge on any atom is -0.335 e. The van der Waals surface area contributed by atoms with E-state index in [-0.39, 0.29) is 5.13 Å². The van der Waals surface area contributed by atoms with Gasteiger partial charge in [-0.3, -0.25) is 10.1 Å². The van der Waals surface area contributed by atoms with Crippen LogP contribution in [0.5, 0.6) is 0 Å². The second-order valence-corrected chi connectivity index (χ2v) is 8.55. The largest absolute Gasteiger partial charge is 0.335 e. The van der Waals surface area contributed by atoms with Crippen LogP contribution in [0.3, 0.4) is 0 Å². The lowest BCUT2D eigenvalue weighted by atomic mass is 10.0. The summed E-state index contributed by atoms with van der Waals surface area (Å²) < 4.78 is 13.6. The number of hydrogen-bond acceptors (Lipinski definition) is 5. The van der Waals surface area contributed by atoms with E-state index in [2.05, 4.69) is 55.3 Å². The number of aryl methyl sites for hydroxylation is 1. The molecule has 0 bridgehead atoms. The highest BCUT2D eigenvalue weighted by Crippen LogP contribution is 2.34. The number of nitrogens with zero attached hydrogens (tertiary/aromatic N) is 4. The van der Waals surface area contributed by atoms with Gasteiger partial charge < -0.3 is 4.98 Å². The van der Waals surface area contributed by atoms with Gasteiger partial charge in [0.2, 0.25) is 0 Å². The fourth-order valence-corrected chi connectivity index (χ4v) is 4.66. The van der Waals surface area contributed by atoms with Gasteiger partial charge in [-0.25, -0.2) is 9.97 Å². The third kappa shape index (κ3) is 3.07. The van der Waals surface area contributed by atoms with Gasteiger partial charge in [-0.1, -0.05) is 13.0 Å². The van der Waals surface area contributed by atoms with Crippen LogP contribution in [0.1, 0.15) is 12.5 Å². The summed E-state index contributed by atoms with van der Waals surface area (Å²) >= 11 is 1.10. The van der Waals surface area contributed by atoms with E-state index in [0.717, 1.165) is 55.7 Å². The standard InChI is InChI=1S/C24H17FN6S/c1-2-13-9-15(12-26-11-13)14-3-4-18-17(10-14)22(31-30-18)24-28-21-16(7-8-27-23(21)29-24)19-5-6-20(25)32-19/h3-12H,2H2,1H3,(H,30,31)(H,27,28,29). The third-order valence-electron chi connectivity index (χ3n) is 5.55. The molecule has 0 saturated heterocycles. The number of pyridine rings is 2. The van der Waals surface area contributed by atoms with E-state index in [1.165, 1.54) is 11.6 Å². The molecular weight excluding hydrogens is 423 g/mol. The first-order valence-corrected chi connectivity index (χ1v) is 11.0. The summed E-state index contributed by atoms with van der Waals surface area (Å²) in [6.07, 6.45) is 6.39. The molecular formula is C24H17FN6S. The summed E-state index contributed by atoms with van der Waals surface area (Å²) in [5, 5.41) is 8.33. The summed E-state index contributed by atoms with van der Waals surface area (Å²) in [5.74, 6) is 0.612. The zero-order valence-corrected chi connectivity index (χ0v) is 17.9. The highest BCUT2D eigenvalue weighted by Gasteiger charge is 2.17. The molecule has 0 saturated carbocycles. The highest BCUT2D eigenvalue weighted by atomic mass is 32.1. The van der Waals surface area contributed by atoms with Crippen molar-refractivity contribution in [3.63, 3.8) is 0 Å². The number of nitrogens with one attached hydrogen (secondary N) is 2. The summed E-state index contributed by atoms with van der Waals surface area (Å²) in [5.41, 5.74) is 7.13. The van der Waals surface area contributed by atoms with Gasteiger partial charge in [-0.2, -0.15) is 9.49 Å². The van der Waals surface area contributed by atoms with Crippen molar-refractivity contribution in [1.29, 1.82) is 0 Å². The normalized spacial score (nSPS) is 11.6. The number of thiophene rings is 1. The lowest BCUT2D eigenvalue weighted by Crippen LogP contribution is -1.86. The number of imidazole rings is 1. The second kappa shape index (κ2) is 7.35. The van der Waals surface area contributed by atoms with Crippen LogP contribution in [0.2, 0.25) is 0 Å². The topological polar surface area (TPSA) is 83.1 Å². The Bertz CT molecular complexity index is 1600. The maximum absolute atomic E-state index is 13.6. The molecule has 156 valence electrons. The monoisotopic (exact) mass is 440 g/mol. The first-order chi connectivity index (χ1) is 15.7. The van der Waals surface area contributed by atoms with E-state index in [1.54, 1.807) is 12.3 Å². The molecule has 0 aliphatic rings. The lowest BCUT2D eigenvalue weighted by Gasteiger charge is -2.04. The minimum atomic E-state index is -0.225. The number of hydrogen-bond donors (Lipinski definition) is 2. The average Bonchev–Trinajstić information content (AvgIpc) is 3.55. The zero-order valence-electron chi connectivity index (χ0n) is 17.1. The molecule has 6 rings (SSSR count). The molecule has 0 atom stereocenters. The summed E-state index contributed by atoms with van der Waals surface area (Å²) in [4.78, 5) is 17.6. The summed E-state index contributed by atoms with van der Waals surface area (Å²) in [6, 6.07) is 13.4. The SMILES string of the molecule is CCc1cncc(-c2ccc3[nH]nc(-c4nc5nccc(-c6ccc(F)s6)c5[nH]4)c3c2)c1. The van der Waals surface area contributed by atoms with Crippen molar-refractivity contribution in [3.8, 4) is 33.1 Å². The second-order valence-electron chi connectivity index (χ2n) is 7.51. The van der Waals surface area contributed by atoms with Gasteiger partial charge >= 0.3 is 0 Å². The van der Waals surface area contributed by atoms with Crippen molar-refractivity contribution in [2.75, 3.05) is 0 Å². The number of aromatic amines is 2. The van der Waals surface area contributed by atoms with E-state index in [1.807, 2.05) is 24.5 Å². The molecule has 0 aliphatic carbocycles.